The van der Waals surface area contributed by atoms with Gasteiger partial charge in [0.05, 0.1) is 5.75 Å². The van der Waals surface area contributed by atoms with E-state index in [0.717, 1.165) is 32.4 Å². The third-order valence-electron chi connectivity index (χ3n) is 4.77. The van der Waals surface area contributed by atoms with Gasteiger partial charge in [-0.1, -0.05) is 6.42 Å². The van der Waals surface area contributed by atoms with Crippen molar-refractivity contribution in [2.24, 2.45) is 5.92 Å². The minimum atomic E-state index is -3.20. The average molecular weight is 286 g/mol. The minimum absolute atomic E-state index is 0.143. The van der Waals surface area contributed by atoms with Crippen LogP contribution < -0.4 is 5.32 Å². The molecule has 19 heavy (non-hydrogen) atoms. The van der Waals surface area contributed by atoms with Gasteiger partial charge in [-0.15, -0.1) is 0 Å². The highest BCUT2D eigenvalue weighted by molar-refractivity contribution is 7.92. The molecule has 0 bridgehead atoms. The lowest BCUT2D eigenvalue weighted by atomic mass is 9.94. The van der Waals surface area contributed by atoms with Crippen molar-refractivity contribution in [2.75, 3.05) is 25.4 Å². The highest BCUT2D eigenvalue weighted by Gasteiger charge is 2.42. The van der Waals surface area contributed by atoms with Crippen molar-refractivity contribution in [3.63, 3.8) is 0 Å². The van der Waals surface area contributed by atoms with E-state index in [2.05, 4.69) is 5.32 Å². The summed E-state index contributed by atoms with van der Waals surface area (Å²) in [7, 11) is -3.20. The molecule has 3 atom stereocenters. The van der Waals surface area contributed by atoms with Crippen LogP contribution in [-0.2, 0) is 14.6 Å². The van der Waals surface area contributed by atoms with Gasteiger partial charge in [-0.05, 0) is 38.1 Å². The molecule has 3 heterocycles. The standard InChI is InChI=1S/C13H22N2O3S/c16-13(12-5-1-2-7-19(12,17)18)15-8-10-4-3-6-14-11(10)9-15/h10-12,14H,1-9H2. The first-order valence-electron chi connectivity index (χ1n) is 7.32. The molecule has 0 aromatic carbocycles. The van der Waals surface area contributed by atoms with Crippen molar-refractivity contribution >= 4 is 15.7 Å². The summed E-state index contributed by atoms with van der Waals surface area (Å²) in [4.78, 5) is 14.3. The zero-order valence-electron chi connectivity index (χ0n) is 11.2. The van der Waals surface area contributed by atoms with Gasteiger partial charge >= 0.3 is 0 Å². The second kappa shape index (κ2) is 5.05. The van der Waals surface area contributed by atoms with Gasteiger partial charge in [-0.2, -0.15) is 0 Å². The van der Waals surface area contributed by atoms with Crippen LogP contribution in [0.4, 0.5) is 0 Å². The molecule has 0 aromatic rings. The number of nitrogens with zero attached hydrogens (tertiary/aromatic N) is 1. The van der Waals surface area contributed by atoms with E-state index in [0.29, 0.717) is 31.3 Å². The normalized spacial score (nSPS) is 37.9. The molecule has 3 rings (SSSR count). The summed E-state index contributed by atoms with van der Waals surface area (Å²) < 4.78 is 24.1. The lowest BCUT2D eigenvalue weighted by Gasteiger charge is -2.26. The van der Waals surface area contributed by atoms with Gasteiger partial charge in [0.2, 0.25) is 5.91 Å². The van der Waals surface area contributed by atoms with Crippen molar-refractivity contribution in [3.05, 3.63) is 0 Å². The summed E-state index contributed by atoms with van der Waals surface area (Å²) in [5.41, 5.74) is 0. The lowest BCUT2D eigenvalue weighted by molar-refractivity contribution is -0.130. The first kappa shape index (κ1) is 13.4. The fourth-order valence-corrected chi connectivity index (χ4v) is 5.54. The molecule has 108 valence electrons. The molecule has 3 saturated heterocycles. The Balaban J connectivity index is 1.70. The second-order valence-corrected chi connectivity index (χ2v) is 8.36. The van der Waals surface area contributed by atoms with E-state index in [4.69, 9.17) is 0 Å². The van der Waals surface area contributed by atoms with Crippen molar-refractivity contribution in [1.82, 2.24) is 10.2 Å². The molecule has 6 heteroatoms. The van der Waals surface area contributed by atoms with Gasteiger partial charge < -0.3 is 10.2 Å². The number of carbonyl (C=O) groups is 1. The number of hydrogen-bond acceptors (Lipinski definition) is 4. The van der Waals surface area contributed by atoms with Gasteiger partial charge in [0.15, 0.2) is 9.84 Å². The van der Waals surface area contributed by atoms with Crippen LogP contribution >= 0.6 is 0 Å². The predicted molar refractivity (Wildman–Crippen MR) is 72.5 cm³/mol. The Labute approximate surface area is 114 Å². The molecule has 0 aromatic heterocycles. The number of carbonyl (C=O) groups excluding carboxylic acids is 1. The molecule has 0 spiro atoms. The SMILES string of the molecule is O=C(C1CCCCS1(=O)=O)N1CC2CCCNC2C1. The Kier molecular flexibility index (Phi) is 3.55. The summed E-state index contributed by atoms with van der Waals surface area (Å²) in [6.07, 6.45) is 4.39. The summed E-state index contributed by atoms with van der Waals surface area (Å²) in [5.74, 6) is 0.558. The molecular weight excluding hydrogens is 264 g/mol. The number of nitrogens with one attached hydrogen (secondary N) is 1. The predicted octanol–water partition coefficient (Wildman–Crippen LogP) is 0.164. The van der Waals surface area contributed by atoms with Crippen molar-refractivity contribution in [2.45, 2.75) is 43.4 Å². The van der Waals surface area contributed by atoms with Gasteiger partial charge in [-0.3, -0.25) is 4.79 Å². The number of sulfone groups is 1. The van der Waals surface area contributed by atoms with Crippen LogP contribution in [0.15, 0.2) is 0 Å². The fourth-order valence-electron chi connectivity index (χ4n) is 3.66. The average Bonchev–Trinajstić information content (AvgIpc) is 2.81. The number of amides is 1. The van der Waals surface area contributed by atoms with E-state index >= 15 is 0 Å². The molecule has 3 aliphatic rings. The molecule has 3 fully saturated rings. The van der Waals surface area contributed by atoms with Crippen molar-refractivity contribution in [1.29, 1.82) is 0 Å². The van der Waals surface area contributed by atoms with Crippen LogP contribution in [0.25, 0.3) is 0 Å². The molecule has 1 amide bonds. The van der Waals surface area contributed by atoms with Crippen LogP contribution in [0.3, 0.4) is 0 Å². The van der Waals surface area contributed by atoms with Crippen molar-refractivity contribution in [3.8, 4) is 0 Å². The van der Waals surface area contributed by atoms with E-state index in [1.807, 2.05) is 0 Å². The Morgan fingerprint density at radius 2 is 1.95 bits per heavy atom. The van der Waals surface area contributed by atoms with Gasteiger partial charge in [-0.25, -0.2) is 8.42 Å². The van der Waals surface area contributed by atoms with Crippen LogP contribution in [0.2, 0.25) is 0 Å². The Bertz CT molecular complexity index is 449. The van der Waals surface area contributed by atoms with Crippen molar-refractivity contribution < 1.29 is 13.2 Å². The molecule has 0 aliphatic carbocycles. The number of fused-ring (bicyclic) bond motifs is 1. The maximum Gasteiger partial charge on any atom is 0.240 e. The largest absolute Gasteiger partial charge is 0.340 e. The van der Waals surface area contributed by atoms with E-state index in [9.17, 15) is 13.2 Å². The quantitative estimate of drug-likeness (QED) is 0.746. The fraction of sp³-hybridized carbons (Fsp3) is 0.923. The zero-order valence-corrected chi connectivity index (χ0v) is 12.0. The van der Waals surface area contributed by atoms with Crippen LogP contribution in [0.1, 0.15) is 32.1 Å². The second-order valence-electron chi connectivity index (χ2n) is 6.06. The minimum Gasteiger partial charge on any atom is -0.340 e. The van der Waals surface area contributed by atoms with E-state index < -0.39 is 15.1 Å². The number of piperidine rings is 1. The summed E-state index contributed by atoms with van der Waals surface area (Å²) in [6, 6.07) is 0.379. The Hall–Kier alpha value is -0.620. The maximum absolute atomic E-state index is 12.5. The first-order chi connectivity index (χ1) is 9.08. The lowest BCUT2D eigenvalue weighted by Crippen LogP contribution is -2.45. The zero-order chi connectivity index (χ0) is 13.5. The third-order valence-corrected chi connectivity index (χ3v) is 6.93. The molecule has 5 nitrogen and oxygen atoms in total. The van der Waals surface area contributed by atoms with Gasteiger partial charge in [0, 0.05) is 19.1 Å². The molecule has 3 aliphatic heterocycles. The molecule has 1 N–H and O–H groups in total. The van der Waals surface area contributed by atoms with Crippen LogP contribution in [-0.4, -0.2) is 55.9 Å². The van der Waals surface area contributed by atoms with Gasteiger partial charge in [0.25, 0.3) is 0 Å². The monoisotopic (exact) mass is 286 g/mol. The smallest absolute Gasteiger partial charge is 0.240 e. The van der Waals surface area contributed by atoms with Crippen LogP contribution in [0.5, 0.6) is 0 Å². The first-order valence-corrected chi connectivity index (χ1v) is 9.03. The Morgan fingerprint density at radius 3 is 2.68 bits per heavy atom. The number of rotatable bonds is 1. The summed E-state index contributed by atoms with van der Waals surface area (Å²) in [6.45, 7) is 2.45. The molecule has 0 radical (unpaired) electrons. The summed E-state index contributed by atoms with van der Waals surface area (Å²) in [5, 5.41) is 2.68. The number of hydrogen-bond donors (Lipinski definition) is 1. The van der Waals surface area contributed by atoms with Crippen LogP contribution in [0, 0.1) is 5.92 Å². The van der Waals surface area contributed by atoms with E-state index in [1.165, 1.54) is 0 Å². The summed E-state index contributed by atoms with van der Waals surface area (Å²) >= 11 is 0. The molecular formula is C13H22N2O3S. The highest BCUT2D eigenvalue weighted by Crippen LogP contribution is 2.28. The van der Waals surface area contributed by atoms with E-state index in [-0.39, 0.29) is 11.7 Å². The van der Waals surface area contributed by atoms with E-state index in [1.54, 1.807) is 4.90 Å². The molecule has 0 saturated carbocycles. The third kappa shape index (κ3) is 2.52. The maximum atomic E-state index is 12.5. The highest BCUT2D eigenvalue weighted by atomic mass is 32.2. The topological polar surface area (TPSA) is 66.5 Å². The van der Waals surface area contributed by atoms with Gasteiger partial charge in [0.1, 0.15) is 5.25 Å². The molecule has 3 unspecified atom stereocenters. The number of likely N-dealkylation sites (tertiary alicyclic amines) is 1. The Morgan fingerprint density at radius 1 is 1.11 bits per heavy atom.